The third-order valence-electron chi connectivity index (χ3n) is 4.00. The average molecular weight is 347 g/mol. The van der Waals surface area contributed by atoms with Gasteiger partial charge in [0.2, 0.25) is 5.91 Å². The summed E-state index contributed by atoms with van der Waals surface area (Å²) in [6, 6.07) is 14.1. The molecule has 4 heteroatoms. The second-order valence-electron chi connectivity index (χ2n) is 7.07. The van der Waals surface area contributed by atoms with Crippen molar-refractivity contribution in [1.82, 2.24) is 0 Å². The SMILES string of the molecule is Cc1ccc(N)cc1NC(=O)CCc1ccc(C(C)(C)C)cc1.Cl. The summed E-state index contributed by atoms with van der Waals surface area (Å²) in [6.07, 6.45) is 1.20. The van der Waals surface area contributed by atoms with Gasteiger partial charge in [0, 0.05) is 17.8 Å². The number of aryl methyl sites for hydroxylation is 2. The summed E-state index contributed by atoms with van der Waals surface area (Å²) in [5.41, 5.74) is 10.9. The predicted octanol–water partition coefficient (Wildman–Crippen LogP) is 4.87. The third-order valence-corrected chi connectivity index (χ3v) is 4.00. The zero-order valence-electron chi connectivity index (χ0n) is 14.8. The lowest BCUT2D eigenvalue weighted by Gasteiger charge is -2.19. The molecule has 0 atom stereocenters. The van der Waals surface area contributed by atoms with Crippen LogP contribution >= 0.6 is 12.4 Å². The van der Waals surface area contributed by atoms with Crippen molar-refractivity contribution < 1.29 is 4.79 Å². The van der Waals surface area contributed by atoms with Gasteiger partial charge >= 0.3 is 0 Å². The van der Waals surface area contributed by atoms with E-state index in [4.69, 9.17) is 5.73 Å². The molecule has 0 aliphatic carbocycles. The van der Waals surface area contributed by atoms with Gasteiger partial charge in [-0.15, -0.1) is 12.4 Å². The minimum atomic E-state index is 0. The number of nitrogen functional groups attached to an aromatic ring is 1. The molecular formula is C20H27ClN2O. The van der Waals surface area contributed by atoms with Crippen molar-refractivity contribution in [1.29, 1.82) is 0 Å². The summed E-state index contributed by atoms with van der Waals surface area (Å²) in [6.45, 7) is 8.55. The van der Waals surface area contributed by atoms with Gasteiger partial charge in [0.25, 0.3) is 0 Å². The fraction of sp³-hybridized carbons (Fsp3) is 0.350. The monoisotopic (exact) mass is 346 g/mol. The summed E-state index contributed by atoms with van der Waals surface area (Å²) in [7, 11) is 0. The summed E-state index contributed by atoms with van der Waals surface area (Å²) in [5.74, 6) is 0.0126. The van der Waals surface area contributed by atoms with Crippen LogP contribution < -0.4 is 11.1 Å². The van der Waals surface area contributed by atoms with Crippen molar-refractivity contribution >= 4 is 29.7 Å². The number of halogens is 1. The molecule has 2 aromatic carbocycles. The number of benzene rings is 2. The van der Waals surface area contributed by atoms with E-state index in [9.17, 15) is 4.79 Å². The second kappa shape index (κ2) is 8.20. The molecule has 0 saturated carbocycles. The van der Waals surface area contributed by atoms with Crippen molar-refractivity contribution in [2.24, 2.45) is 0 Å². The Bertz CT molecular complexity index is 688. The van der Waals surface area contributed by atoms with Gasteiger partial charge in [0.05, 0.1) is 0 Å². The van der Waals surface area contributed by atoms with Crippen LogP contribution in [0.1, 0.15) is 43.9 Å². The van der Waals surface area contributed by atoms with Crippen LogP contribution in [-0.4, -0.2) is 5.91 Å². The molecule has 2 aromatic rings. The molecule has 3 nitrogen and oxygen atoms in total. The van der Waals surface area contributed by atoms with E-state index >= 15 is 0 Å². The van der Waals surface area contributed by atoms with Crippen molar-refractivity contribution in [3.63, 3.8) is 0 Å². The summed E-state index contributed by atoms with van der Waals surface area (Å²) >= 11 is 0. The van der Waals surface area contributed by atoms with E-state index in [0.717, 1.165) is 17.7 Å². The van der Waals surface area contributed by atoms with E-state index in [2.05, 4.69) is 50.4 Å². The minimum absolute atomic E-state index is 0. The number of amides is 1. The van der Waals surface area contributed by atoms with Gasteiger partial charge in [-0.25, -0.2) is 0 Å². The molecule has 0 spiro atoms. The molecule has 0 saturated heterocycles. The summed E-state index contributed by atoms with van der Waals surface area (Å²) < 4.78 is 0. The lowest BCUT2D eigenvalue weighted by molar-refractivity contribution is -0.116. The van der Waals surface area contributed by atoms with E-state index in [1.54, 1.807) is 6.07 Å². The van der Waals surface area contributed by atoms with Crippen LogP contribution in [0.4, 0.5) is 11.4 Å². The van der Waals surface area contributed by atoms with E-state index < -0.39 is 0 Å². The van der Waals surface area contributed by atoms with E-state index in [-0.39, 0.29) is 23.7 Å². The summed E-state index contributed by atoms with van der Waals surface area (Å²) in [5, 5.41) is 2.94. The standard InChI is InChI=1S/C20H26N2O.ClH/c1-14-5-11-17(21)13-18(14)22-19(23)12-8-15-6-9-16(10-7-15)20(2,3)4;/h5-7,9-11,13H,8,12,21H2,1-4H3,(H,22,23);1H. The predicted molar refractivity (Wildman–Crippen MR) is 105 cm³/mol. The molecule has 0 aliphatic rings. The number of carbonyl (C=O) groups excluding carboxylic acids is 1. The van der Waals surface area contributed by atoms with Crippen LogP contribution in [0.15, 0.2) is 42.5 Å². The Labute approximate surface area is 151 Å². The smallest absolute Gasteiger partial charge is 0.224 e. The second-order valence-corrected chi connectivity index (χ2v) is 7.07. The van der Waals surface area contributed by atoms with Crippen LogP contribution in [0.5, 0.6) is 0 Å². The van der Waals surface area contributed by atoms with Crippen LogP contribution in [0.25, 0.3) is 0 Å². The Balaban J connectivity index is 0.00000288. The first kappa shape index (κ1) is 20.0. The first-order valence-corrected chi connectivity index (χ1v) is 8.01. The van der Waals surface area contributed by atoms with E-state index in [1.165, 1.54) is 11.1 Å². The average Bonchev–Trinajstić information content (AvgIpc) is 2.48. The molecule has 0 aromatic heterocycles. The van der Waals surface area contributed by atoms with Gasteiger partial charge in [-0.2, -0.15) is 0 Å². The molecule has 0 radical (unpaired) electrons. The van der Waals surface area contributed by atoms with Crippen molar-refractivity contribution in [2.45, 2.75) is 46.0 Å². The number of rotatable bonds is 4. The molecule has 24 heavy (non-hydrogen) atoms. The van der Waals surface area contributed by atoms with Crippen molar-refractivity contribution in [3.05, 3.63) is 59.2 Å². The molecule has 0 fully saturated rings. The molecular weight excluding hydrogens is 320 g/mol. The number of carbonyl (C=O) groups is 1. The molecule has 3 N–H and O–H groups in total. The van der Waals surface area contributed by atoms with Gasteiger partial charge in [-0.1, -0.05) is 51.1 Å². The van der Waals surface area contributed by atoms with Gasteiger partial charge < -0.3 is 11.1 Å². The molecule has 0 bridgehead atoms. The first-order chi connectivity index (χ1) is 10.8. The highest BCUT2D eigenvalue weighted by Gasteiger charge is 2.13. The van der Waals surface area contributed by atoms with Gasteiger partial charge in [-0.05, 0) is 47.6 Å². The zero-order chi connectivity index (χ0) is 17.0. The summed E-state index contributed by atoms with van der Waals surface area (Å²) in [4.78, 5) is 12.1. The van der Waals surface area contributed by atoms with Gasteiger partial charge in [-0.3, -0.25) is 4.79 Å². The van der Waals surface area contributed by atoms with Crippen LogP contribution in [0, 0.1) is 6.92 Å². The number of hydrogen-bond acceptors (Lipinski definition) is 2. The van der Waals surface area contributed by atoms with Crippen molar-refractivity contribution in [3.8, 4) is 0 Å². The number of nitrogens with one attached hydrogen (secondary N) is 1. The van der Waals surface area contributed by atoms with E-state index in [1.807, 2.05) is 19.1 Å². The molecule has 0 heterocycles. The molecule has 2 rings (SSSR count). The Hall–Kier alpha value is -2.00. The normalized spacial score (nSPS) is 10.8. The lowest BCUT2D eigenvalue weighted by Crippen LogP contribution is -2.14. The fourth-order valence-corrected chi connectivity index (χ4v) is 2.42. The third kappa shape index (κ3) is 5.57. The highest BCUT2D eigenvalue weighted by atomic mass is 35.5. The molecule has 1 amide bonds. The van der Waals surface area contributed by atoms with Crippen LogP contribution in [-0.2, 0) is 16.6 Å². The Morgan fingerprint density at radius 1 is 1.08 bits per heavy atom. The Morgan fingerprint density at radius 2 is 1.71 bits per heavy atom. The molecule has 130 valence electrons. The minimum Gasteiger partial charge on any atom is -0.399 e. The molecule has 0 unspecified atom stereocenters. The van der Waals surface area contributed by atoms with Gasteiger partial charge in [0.1, 0.15) is 0 Å². The fourth-order valence-electron chi connectivity index (χ4n) is 2.42. The van der Waals surface area contributed by atoms with E-state index in [0.29, 0.717) is 12.1 Å². The lowest BCUT2D eigenvalue weighted by atomic mass is 9.86. The highest BCUT2D eigenvalue weighted by molar-refractivity contribution is 5.92. The molecule has 0 aliphatic heterocycles. The maximum absolute atomic E-state index is 12.1. The van der Waals surface area contributed by atoms with Crippen LogP contribution in [0.2, 0.25) is 0 Å². The number of nitrogens with two attached hydrogens (primary N) is 1. The van der Waals surface area contributed by atoms with Gasteiger partial charge in [0.15, 0.2) is 0 Å². The maximum Gasteiger partial charge on any atom is 0.224 e. The van der Waals surface area contributed by atoms with Crippen molar-refractivity contribution in [2.75, 3.05) is 11.1 Å². The highest BCUT2D eigenvalue weighted by Crippen LogP contribution is 2.23. The first-order valence-electron chi connectivity index (χ1n) is 8.01. The quantitative estimate of drug-likeness (QED) is 0.776. The largest absolute Gasteiger partial charge is 0.399 e. The van der Waals surface area contributed by atoms with Crippen LogP contribution in [0.3, 0.4) is 0 Å². The Kier molecular flexibility index (Phi) is 6.85. The maximum atomic E-state index is 12.1. The topological polar surface area (TPSA) is 55.1 Å². The Morgan fingerprint density at radius 3 is 2.29 bits per heavy atom. The number of hydrogen-bond donors (Lipinski definition) is 2. The zero-order valence-corrected chi connectivity index (χ0v) is 15.7. The number of anilines is 2.